The second-order valence-electron chi connectivity index (χ2n) is 3.87. The van der Waals surface area contributed by atoms with Gasteiger partial charge in [-0.1, -0.05) is 30.4 Å². The first kappa shape index (κ1) is 16.3. The van der Waals surface area contributed by atoms with Crippen molar-refractivity contribution in [2.45, 2.75) is 18.6 Å². The average molecular weight is 312 g/mol. The van der Waals surface area contributed by atoms with Gasteiger partial charge in [-0.2, -0.15) is 5.26 Å². The molecule has 1 atom stereocenters. The highest BCUT2D eigenvalue weighted by Gasteiger charge is 2.24. The zero-order valence-electron chi connectivity index (χ0n) is 10.9. The van der Waals surface area contributed by atoms with Crippen molar-refractivity contribution in [3.63, 3.8) is 0 Å². The second-order valence-corrected chi connectivity index (χ2v) is 6.17. The predicted molar refractivity (Wildman–Crippen MR) is 79.6 cm³/mol. The maximum absolute atomic E-state index is 12.0. The number of benzene rings is 1. The van der Waals surface area contributed by atoms with E-state index in [1.807, 2.05) is 0 Å². The van der Waals surface area contributed by atoms with Crippen LogP contribution in [0.3, 0.4) is 0 Å². The van der Waals surface area contributed by atoms with Crippen molar-refractivity contribution in [2.75, 3.05) is 11.3 Å². The molecule has 0 heterocycles. The number of rotatable bonds is 4. The van der Waals surface area contributed by atoms with Gasteiger partial charge in [-0.05, 0) is 24.6 Å². The van der Waals surface area contributed by atoms with E-state index >= 15 is 0 Å². The maximum atomic E-state index is 12.0. The lowest BCUT2D eigenvalue weighted by Gasteiger charge is -2.12. The van der Waals surface area contributed by atoms with Crippen LogP contribution >= 0.6 is 11.6 Å². The number of anilines is 1. The van der Waals surface area contributed by atoms with Crippen LogP contribution in [0, 0.1) is 23.2 Å². The summed E-state index contributed by atoms with van der Waals surface area (Å²) in [7, 11) is -3.79. The third kappa shape index (κ3) is 4.14. The monoisotopic (exact) mass is 311 g/mol. The highest BCUT2D eigenvalue weighted by molar-refractivity contribution is 7.93. The lowest BCUT2D eigenvalue weighted by Crippen LogP contribution is -2.26. The van der Waals surface area contributed by atoms with E-state index in [0.717, 1.165) is 0 Å². The van der Waals surface area contributed by atoms with Crippen molar-refractivity contribution in [1.29, 1.82) is 5.26 Å². The Labute approximate surface area is 123 Å². The zero-order chi connectivity index (χ0) is 15.2. The summed E-state index contributed by atoms with van der Waals surface area (Å²) in [6.07, 6.45) is 0.198. The number of sulfonamides is 1. The second kappa shape index (κ2) is 7.16. The molecule has 1 aromatic rings. The number of nitrogens with one attached hydrogen (secondary N) is 1. The molecule has 5 nitrogen and oxygen atoms in total. The van der Waals surface area contributed by atoms with E-state index in [9.17, 15) is 8.42 Å². The van der Waals surface area contributed by atoms with E-state index in [1.54, 1.807) is 19.1 Å². The molecule has 3 N–H and O–H groups in total. The fraction of sp³-hybridized carbons (Fsp3) is 0.308. The van der Waals surface area contributed by atoms with Crippen LogP contribution in [-0.4, -0.2) is 20.2 Å². The summed E-state index contributed by atoms with van der Waals surface area (Å²) in [6, 6.07) is 6.34. The summed E-state index contributed by atoms with van der Waals surface area (Å²) < 4.78 is 26.4. The van der Waals surface area contributed by atoms with E-state index in [-0.39, 0.29) is 18.7 Å². The van der Waals surface area contributed by atoms with Crippen LogP contribution in [0.25, 0.3) is 0 Å². The van der Waals surface area contributed by atoms with Crippen LogP contribution in [0.4, 0.5) is 5.69 Å². The van der Waals surface area contributed by atoms with Gasteiger partial charge in [-0.3, -0.25) is 4.72 Å². The molecular weight excluding hydrogens is 298 g/mol. The molecule has 7 heteroatoms. The molecule has 0 bridgehead atoms. The SMILES string of the molecule is CCC(C#N)S(=O)(=O)Nc1ccc(Cl)cc1C#CCN. The van der Waals surface area contributed by atoms with Gasteiger partial charge in [0.15, 0.2) is 5.25 Å². The van der Waals surface area contributed by atoms with Crippen molar-refractivity contribution in [2.24, 2.45) is 5.73 Å². The molecule has 0 spiro atoms. The van der Waals surface area contributed by atoms with Gasteiger partial charge >= 0.3 is 0 Å². The number of nitrogens with zero attached hydrogens (tertiary/aromatic N) is 1. The molecule has 0 fully saturated rings. The molecular formula is C13H14ClN3O2S. The smallest absolute Gasteiger partial charge is 0.249 e. The Balaban J connectivity index is 3.19. The van der Waals surface area contributed by atoms with Crippen LogP contribution in [0.2, 0.25) is 5.02 Å². The van der Waals surface area contributed by atoms with E-state index in [2.05, 4.69) is 16.6 Å². The molecule has 0 aromatic heterocycles. The Morgan fingerprint density at radius 3 is 2.75 bits per heavy atom. The summed E-state index contributed by atoms with van der Waals surface area (Å²) >= 11 is 5.86. The summed E-state index contributed by atoms with van der Waals surface area (Å²) in [4.78, 5) is 0. The maximum Gasteiger partial charge on any atom is 0.249 e. The van der Waals surface area contributed by atoms with Gasteiger partial charge in [0.05, 0.1) is 23.9 Å². The molecule has 0 saturated heterocycles. The number of hydrogen-bond acceptors (Lipinski definition) is 4. The van der Waals surface area contributed by atoms with Gasteiger partial charge in [-0.25, -0.2) is 8.42 Å². The van der Waals surface area contributed by atoms with E-state index in [4.69, 9.17) is 22.6 Å². The molecule has 20 heavy (non-hydrogen) atoms. The third-order valence-corrected chi connectivity index (χ3v) is 4.38. The fourth-order valence-corrected chi connectivity index (χ4v) is 2.84. The van der Waals surface area contributed by atoms with Crippen LogP contribution < -0.4 is 10.5 Å². The predicted octanol–water partition coefficient (Wildman–Crippen LogP) is 1.69. The number of nitriles is 1. The van der Waals surface area contributed by atoms with Gasteiger partial charge in [0.2, 0.25) is 10.0 Å². The van der Waals surface area contributed by atoms with Crippen LogP contribution in [0.1, 0.15) is 18.9 Å². The molecule has 1 aromatic carbocycles. The molecule has 0 aliphatic heterocycles. The highest BCUT2D eigenvalue weighted by atomic mass is 35.5. The summed E-state index contributed by atoms with van der Waals surface area (Å²) in [6.45, 7) is 1.78. The van der Waals surface area contributed by atoms with Crippen LogP contribution in [-0.2, 0) is 10.0 Å². The first-order valence-electron chi connectivity index (χ1n) is 5.84. The standard InChI is InChI=1S/C13H14ClN3O2S/c1-2-12(9-16)20(18,19)17-13-6-5-11(14)8-10(13)4-3-7-15/h5-6,8,12,17H,2,7,15H2,1H3. The highest BCUT2D eigenvalue weighted by Crippen LogP contribution is 2.22. The molecule has 106 valence electrons. The van der Waals surface area contributed by atoms with E-state index < -0.39 is 15.3 Å². The zero-order valence-corrected chi connectivity index (χ0v) is 12.4. The molecule has 0 saturated carbocycles. The molecule has 1 rings (SSSR count). The Bertz CT molecular complexity index is 684. The summed E-state index contributed by atoms with van der Waals surface area (Å²) in [5, 5.41) is 8.17. The quantitative estimate of drug-likeness (QED) is 0.827. The summed E-state index contributed by atoms with van der Waals surface area (Å²) in [5.41, 5.74) is 5.99. The Morgan fingerprint density at radius 1 is 1.50 bits per heavy atom. The van der Waals surface area contributed by atoms with E-state index in [0.29, 0.717) is 10.6 Å². The topological polar surface area (TPSA) is 96.0 Å². The molecule has 1 unspecified atom stereocenters. The third-order valence-electron chi connectivity index (χ3n) is 2.45. The Hall–Kier alpha value is -1.73. The van der Waals surface area contributed by atoms with Gasteiger partial charge in [0.1, 0.15) is 0 Å². The van der Waals surface area contributed by atoms with Crippen LogP contribution in [0.5, 0.6) is 0 Å². The fourth-order valence-electron chi connectivity index (χ4n) is 1.46. The number of hydrogen-bond donors (Lipinski definition) is 2. The Morgan fingerprint density at radius 2 is 2.20 bits per heavy atom. The first-order valence-corrected chi connectivity index (χ1v) is 7.76. The first-order chi connectivity index (χ1) is 9.44. The van der Waals surface area contributed by atoms with Crippen molar-refractivity contribution in [1.82, 2.24) is 0 Å². The molecule has 0 aliphatic carbocycles. The molecule has 0 aliphatic rings. The van der Waals surface area contributed by atoms with Crippen molar-refractivity contribution >= 4 is 27.3 Å². The number of nitrogens with two attached hydrogens (primary N) is 1. The lowest BCUT2D eigenvalue weighted by atomic mass is 10.2. The van der Waals surface area contributed by atoms with Crippen molar-refractivity contribution in [3.05, 3.63) is 28.8 Å². The van der Waals surface area contributed by atoms with Crippen molar-refractivity contribution < 1.29 is 8.42 Å². The van der Waals surface area contributed by atoms with Gasteiger partial charge in [-0.15, -0.1) is 0 Å². The minimum absolute atomic E-state index is 0.147. The minimum atomic E-state index is -3.79. The molecule has 0 radical (unpaired) electrons. The van der Waals surface area contributed by atoms with Crippen molar-refractivity contribution in [3.8, 4) is 17.9 Å². The lowest BCUT2D eigenvalue weighted by molar-refractivity contribution is 0.593. The van der Waals surface area contributed by atoms with Gasteiger partial charge in [0.25, 0.3) is 0 Å². The normalized spacial score (nSPS) is 11.9. The van der Waals surface area contributed by atoms with Gasteiger partial charge in [0, 0.05) is 5.02 Å². The average Bonchev–Trinajstić information content (AvgIpc) is 2.39. The largest absolute Gasteiger partial charge is 0.320 e. The minimum Gasteiger partial charge on any atom is -0.320 e. The Kier molecular flexibility index (Phi) is 5.84. The summed E-state index contributed by atoms with van der Waals surface area (Å²) in [5.74, 6) is 5.38. The van der Waals surface area contributed by atoms with Gasteiger partial charge < -0.3 is 5.73 Å². The molecule has 0 amide bonds. The number of halogens is 1. The van der Waals surface area contributed by atoms with E-state index in [1.165, 1.54) is 12.1 Å². The van der Waals surface area contributed by atoms with Crippen LogP contribution in [0.15, 0.2) is 18.2 Å².